The van der Waals surface area contributed by atoms with Crippen molar-refractivity contribution in [3.05, 3.63) is 35.5 Å². The van der Waals surface area contributed by atoms with Crippen LogP contribution in [-0.4, -0.2) is 38.9 Å². The zero-order valence-corrected chi connectivity index (χ0v) is 19.9. The smallest absolute Gasteiger partial charge is 0.163 e. The maximum absolute atomic E-state index is 12.2. The SMILES string of the molecule is C=C1/C(=C\C=C2/CCCC3(C)C2CCC3C(C)CCC(=O)C(C)(C)O)C[C@@H](O)C[C@@H]1O. The van der Waals surface area contributed by atoms with E-state index in [0.29, 0.717) is 37.0 Å². The standard InChI is InChI=1S/C27H42O4/c1-17(8-13-25(30)26(3,4)31)22-11-12-23-19(7-6-14-27(22,23)5)9-10-20-15-21(28)16-24(29)18(20)2/h9-10,17,21-24,28-29,31H,2,6-8,11-16H2,1,3-5H3/b19-9+,20-10-/t17?,21-,22?,23?,24+,27?/m1/s1. The maximum atomic E-state index is 12.2. The number of carbonyl (C=O) groups is 1. The van der Waals surface area contributed by atoms with Crippen LogP contribution in [0.3, 0.4) is 0 Å². The molecule has 0 aromatic heterocycles. The third-order valence-electron chi connectivity index (χ3n) is 8.50. The molecule has 6 atom stereocenters. The van der Waals surface area contributed by atoms with Gasteiger partial charge in [0.1, 0.15) is 5.60 Å². The summed E-state index contributed by atoms with van der Waals surface area (Å²) in [6, 6.07) is 0. The van der Waals surface area contributed by atoms with E-state index in [1.165, 1.54) is 31.3 Å². The highest BCUT2D eigenvalue weighted by atomic mass is 16.3. The first-order valence-electron chi connectivity index (χ1n) is 12.1. The van der Waals surface area contributed by atoms with Crippen LogP contribution in [0.25, 0.3) is 0 Å². The van der Waals surface area contributed by atoms with Gasteiger partial charge in [0.15, 0.2) is 5.78 Å². The largest absolute Gasteiger partial charge is 0.393 e. The molecule has 0 spiro atoms. The normalized spacial score (nSPS) is 37.8. The molecule has 31 heavy (non-hydrogen) atoms. The van der Waals surface area contributed by atoms with Crippen molar-refractivity contribution >= 4 is 5.78 Å². The first-order valence-corrected chi connectivity index (χ1v) is 12.1. The van der Waals surface area contributed by atoms with E-state index in [4.69, 9.17) is 0 Å². The summed E-state index contributed by atoms with van der Waals surface area (Å²) in [4.78, 5) is 12.2. The highest BCUT2D eigenvalue weighted by Gasteiger charge is 2.50. The predicted octanol–water partition coefficient (Wildman–Crippen LogP) is 4.88. The van der Waals surface area contributed by atoms with Crippen LogP contribution in [0, 0.1) is 23.2 Å². The number of hydrogen-bond acceptors (Lipinski definition) is 4. The molecule has 3 rings (SSSR count). The molecule has 3 aliphatic carbocycles. The molecule has 0 aromatic carbocycles. The molecular formula is C27H42O4. The Hall–Kier alpha value is -1.23. The molecule has 0 aliphatic heterocycles. The van der Waals surface area contributed by atoms with Crippen LogP contribution in [0.5, 0.6) is 0 Å². The minimum atomic E-state index is -1.24. The van der Waals surface area contributed by atoms with Gasteiger partial charge in [-0.1, -0.05) is 38.2 Å². The lowest BCUT2D eigenvalue weighted by Gasteiger charge is -2.44. The summed E-state index contributed by atoms with van der Waals surface area (Å²) in [5.74, 6) is 1.55. The van der Waals surface area contributed by atoms with Gasteiger partial charge in [0.2, 0.25) is 0 Å². The van der Waals surface area contributed by atoms with Gasteiger partial charge in [0.05, 0.1) is 12.2 Å². The summed E-state index contributed by atoms with van der Waals surface area (Å²) in [5, 5.41) is 30.1. The Bertz CT molecular complexity index is 756. The van der Waals surface area contributed by atoms with E-state index in [1.807, 2.05) is 0 Å². The highest BCUT2D eigenvalue weighted by Crippen LogP contribution is 2.59. The Morgan fingerprint density at radius 3 is 2.68 bits per heavy atom. The summed E-state index contributed by atoms with van der Waals surface area (Å²) >= 11 is 0. The summed E-state index contributed by atoms with van der Waals surface area (Å²) in [7, 11) is 0. The summed E-state index contributed by atoms with van der Waals surface area (Å²) in [6.07, 6.45) is 11.3. The number of carbonyl (C=O) groups excluding carboxylic acids is 1. The molecule has 3 fully saturated rings. The number of aliphatic hydroxyl groups is 3. The van der Waals surface area contributed by atoms with Crippen molar-refractivity contribution in [3.63, 3.8) is 0 Å². The van der Waals surface area contributed by atoms with Crippen LogP contribution in [0.4, 0.5) is 0 Å². The monoisotopic (exact) mass is 430 g/mol. The zero-order chi connectivity index (χ0) is 23.0. The van der Waals surface area contributed by atoms with Crippen LogP contribution in [0.15, 0.2) is 35.5 Å². The van der Waals surface area contributed by atoms with Crippen molar-refractivity contribution in [2.24, 2.45) is 23.2 Å². The van der Waals surface area contributed by atoms with E-state index in [2.05, 4.69) is 32.6 Å². The second-order valence-corrected chi connectivity index (χ2v) is 11.2. The van der Waals surface area contributed by atoms with Crippen molar-refractivity contribution in [3.8, 4) is 0 Å². The van der Waals surface area contributed by atoms with Crippen LogP contribution in [0.2, 0.25) is 0 Å². The topological polar surface area (TPSA) is 77.8 Å². The fourth-order valence-corrected chi connectivity index (χ4v) is 6.55. The lowest BCUT2D eigenvalue weighted by Crippen LogP contribution is -2.36. The summed E-state index contributed by atoms with van der Waals surface area (Å²) < 4.78 is 0. The second-order valence-electron chi connectivity index (χ2n) is 11.2. The van der Waals surface area contributed by atoms with E-state index in [1.54, 1.807) is 13.8 Å². The first-order chi connectivity index (χ1) is 14.4. The van der Waals surface area contributed by atoms with Gasteiger partial charge >= 0.3 is 0 Å². The first kappa shape index (κ1) is 24.4. The molecule has 4 unspecified atom stereocenters. The fraction of sp³-hybridized carbons (Fsp3) is 0.741. The fourth-order valence-electron chi connectivity index (χ4n) is 6.55. The van der Waals surface area contributed by atoms with Gasteiger partial charge in [-0.15, -0.1) is 0 Å². The van der Waals surface area contributed by atoms with Crippen molar-refractivity contribution in [2.45, 2.75) is 103 Å². The molecule has 4 nitrogen and oxygen atoms in total. The molecule has 0 bridgehead atoms. The Morgan fingerprint density at radius 2 is 2.00 bits per heavy atom. The van der Waals surface area contributed by atoms with E-state index < -0.39 is 17.8 Å². The number of Topliss-reactive ketones (excluding diaryl/α,β-unsaturated/α-hetero) is 1. The summed E-state index contributed by atoms with van der Waals surface area (Å²) in [6.45, 7) is 11.9. The number of rotatable bonds is 6. The molecule has 0 amide bonds. The van der Waals surface area contributed by atoms with Crippen LogP contribution >= 0.6 is 0 Å². The Balaban J connectivity index is 1.72. The third-order valence-corrected chi connectivity index (χ3v) is 8.50. The Morgan fingerprint density at radius 1 is 1.29 bits per heavy atom. The van der Waals surface area contributed by atoms with Crippen LogP contribution < -0.4 is 0 Å². The molecular weight excluding hydrogens is 388 g/mol. The minimum Gasteiger partial charge on any atom is -0.393 e. The average molecular weight is 431 g/mol. The third kappa shape index (κ3) is 5.23. The predicted molar refractivity (Wildman–Crippen MR) is 124 cm³/mol. The molecule has 174 valence electrons. The lowest BCUT2D eigenvalue weighted by atomic mass is 9.60. The van der Waals surface area contributed by atoms with Crippen molar-refractivity contribution in [1.82, 2.24) is 0 Å². The van der Waals surface area contributed by atoms with Crippen LogP contribution in [-0.2, 0) is 4.79 Å². The molecule has 4 heteroatoms. The number of allylic oxidation sites excluding steroid dienone is 3. The molecule has 3 N–H and O–H groups in total. The molecule has 0 saturated heterocycles. The van der Waals surface area contributed by atoms with Crippen molar-refractivity contribution < 1.29 is 20.1 Å². The molecule has 3 saturated carbocycles. The molecule has 0 heterocycles. The number of fused-ring (bicyclic) bond motifs is 1. The van der Waals surface area contributed by atoms with Gasteiger partial charge in [-0.25, -0.2) is 0 Å². The van der Waals surface area contributed by atoms with Crippen molar-refractivity contribution in [1.29, 1.82) is 0 Å². The minimum absolute atomic E-state index is 0.0630. The van der Waals surface area contributed by atoms with E-state index in [0.717, 1.165) is 24.0 Å². The van der Waals surface area contributed by atoms with E-state index >= 15 is 0 Å². The average Bonchev–Trinajstić information content (AvgIpc) is 3.04. The van der Waals surface area contributed by atoms with Gasteiger partial charge in [-0.05, 0) is 93.1 Å². The molecule has 0 aromatic rings. The lowest BCUT2D eigenvalue weighted by molar-refractivity contribution is -0.134. The number of aliphatic hydroxyl groups excluding tert-OH is 2. The molecule has 3 aliphatic rings. The van der Waals surface area contributed by atoms with E-state index in [9.17, 15) is 20.1 Å². The van der Waals surface area contributed by atoms with Gasteiger partial charge < -0.3 is 15.3 Å². The second kappa shape index (κ2) is 9.33. The quantitative estimate of drug-likeness (QED) is 0.561. The highest BCUT2D eigenvalue weighted by molar-refractivity contribution is 5.86. The van der Waals surface area contributed by atoms with Gasteiger partial charge in [-0.3, -0.25) is 4.79 Å². The zero-order valence-electron chi connectivity index (χ0n) is 19.9. The summed E-state index contributed by atoms with van der Waals surface area (Å²) in [5.41, 5.74) is 2.23. The van der Waals surface area contributed by atoms with Gasteiger partial charge in [0.25, 0.3) is 0 Å². The van der Waals surface area contributed by atoms with E-state index in [-0.39, 0.29) is 11.2 Å². The Labute approximate surface area is 188 Å². The number of ketones is 1. The van der Waals surface area contributed by atoms with Crippen LogP contribution in [0.1, 0.15) is 85.5 Å². The Kier molecular flexibility index (Phi) is 7.35. The van der Waals surface area contributed by atoms with Crippen molar-refractivity contribution in [2.75, 3.05) is 0 Å². The maximum Gasteiger partial charge on any atom is 0.163 e. The molecule has 0 radical (unpaired) electrons. The van der Waals surface area contributed by atoms with Gasteiger partial charge in [0, 0.05) is 12.8 Å². The number of hydrogen-bond donors (Lipinski definition) is 3. The van der Waals surface area contributed by atoms with Gasteiger partial charge in [-0.2, -0.15) is 0 Å².